The van der Waals surface area contributed by atoms with Crippen LogP contribution in [0.3, 0.4) is 0 Å². The minimum atomic E-state index is -0.0955. The normalized spacial score (nSPS) is 10.7. The van der Waals surface area contributed by atoms with Crippen LogP contribution in [-0.4, -0.2) is 48.5 Å². The summed E-state index contributed by atoms with van der Waals surface area (Å²) in [5, 5.41) is 6.05. The summed E-state index contributed by atoms with van der Waals surface area (Å²) in [6, 6.07) is 1.79. The Hall–Kier alpha value is -1.14. The molecule has 0 aliphatic heterocycles. The highest BCUT2D eigenvalue weighted by molar-refractivity contribution is 9.10. The maximum atomic E-state index is 12.2. The molecule has 0 aliphatic rings. The van der Waals surface area contributed by atoms with Gasteiger partial charge in [0.2, 0.25) is 0 Å². The van der Waals surface area contributed by atoms with Crippen LogP contribution in [0.2, 0.25) is 0 Å². The lowest BCUT2D eigenvalue weighted by Gasteiger charge is -2.18. The third-order valence-corrected chi connectivity index (χ3v) is 3.48. The maximum absolute atomic E-state index is 12.2. The fourth-order valence-electron chi connectivity index (χ4n) is 1.88. The molecule has 1 amide bonds. The molecule has 1 aromatic rings. The smallest absolute Gasteiger partial charge is 0.255 e. The lowest BCUT2D eigenvalue weighted by molar-refractivity contribution is 0.0949. The number of hydrogen-bond donors (Lipinski definition) is 2. The molecule has 2 N–H and O–H groups in total. The van der Waals surface area contributed by atoms with Gasteiger partial charge in [-0.1, -0.05) is 13.8 Å². The van der Waals surface area contributed by atoms with Crippen LogP contribution in [-0.2, 0) is 0 Å². The van der Waals surface area contributed by atoms with E-state index in [0.29, 0.717) is 17.9 Å². The second kappa shape index (κ2) is 8.92. The molecule has 0 unspecified atom stereocenters. The van der Waals surface area contributed by atoms with E-state index in [-0.39, 0.29) is 5.91 Å². The van der Waals surface area contributed by atoms with Crippen molar-refractivity contribution in [3.05, 3.63) is 22.3 Å². The molecule has 112 valence electrons. The van der Waals surface area contributed by atoms with E-state index in [1.54, 1.807) is 12.3 Å². The molecule has 1 heterocycles. The molecule has 0 radical (unpaired) electrons. The highest BCUT2D eigenvalue weighted by Crippen LogP contribution is 2.17. The van der Waals surface area contributed by atoms with Crippen molar-refractivity contribution in [2.45, 2.75) is 20.8 Å². The number of hydrogen-bond acceptors (Lipinski definition) is 4. The van der Waals surface area contributed by atoms with Gasteiger partial charge in [-0.25, -0.2) is 4.98 Å². The number of halogens is 1. The van der Waals surface area contributed by atoms with Crippen LogP contribution in [0.5, 0.6) is 0 Å². The molecular formula is C14H23BrN4O. The third-order valence-electron chi connectivity index (χ3n) is 3.05. The SMILES string of the molecule is CCNc1ncc(Br)cc1C(=O)NCCN(CC)CC. The standard InChI is InChI=1S/C14H23BrN4O/c1-4-16-13-12(9-11(15)10-18-13)14(20)17-7-8-19(5-2)6-3/h9-10H,4-8H2,1-3H3,(H,16,18)(H,17,20). The van der Waals surface area contributed by atoms with Crippen molar-refractivity contribution in [1.29, 1.82) is 0 Å². The summed E-state index contributed by atoms with van der Waals surface area (Å²) >= 11 is 3.35. The third kappa shape index (κ3) is 5.09. The molecule has 0 aliphatic carbocycles. The predicted molar refractivity (Wildman–Crippen MR) is 86.2 cm³/mol. The van der Waals surface area contributed by atoms with Gasteiger partial charge in [-0.2, -0.15) is 0 Å². The maximum Gasteiger partial charge on any atom is 0.255 e. The van der Waals surface area contributed by atoms with Crippen molar-refractivity contribution in [2.24, 2.45) is 0 Å². The molecule has 6 heteroatoms. The number of nitrogens with one attached hydrogen (secondary N) is 2. The molecule has 1 aromatic heterocycles. The van der Waals surface area contributed by atoms with Crippen LogP contribution in [0.25, 0.3) is 0 Å². The molecule has 1 rings (SSSR count). The summed E-state index contributed by atoms with van der Waals surface area (Å²) in [5.74, 6) is 0.526. The summed E-state index contributed by atoms with van der Waals surface area (Å²) < 4.78 is 0.799. The second-order valence-electron chi connectivity index (χ2n) is 4.36. The van der Waals surface area contributed by atoms with Gasteiger partial charge in [-0.15, -0.1) is 0 Å². The first-order valence-electron chi connectivity index (χ1n) is 7.02. The molecular weight excluding hydrogens is 320 g/mol. The summed E-state index contributed by atoms with van der Waals surface area (Å²) in [5.41, 5.74) is 0.570. The van der Waals surface area contributed by atoms with Crippen molar-refractivity contribution < 1.29 is 4.79 Å². The van der Waals surface area contributed by atoms with Crippen molar-refractivity contribution in [3.63, 3.8) is 0 Å². The van der Waals surface area contributed by atoms with Crippen LogP contribution in [0.15, 0.2) is 16.7 Å². The number of amides is 1. The number of carbonyl (C=O) groups excluding carboxylic acids is 1. The van der Waals surface area contributed by atoms with Gasteiger partial charge in [0.15, 0.2) is 0 Å². The van der Waals surface area contributed by atoms with E-state index in [4.69, 9.17) is 0 Å². The highest BCUT2D eigenvalue weighted by atomic mass is 79.9. The Morgan fingerprint density at radius 3 is 2.65 bits per heavy atom. The monoisotopic (exact) mass is 342 g/mol. The molecule has 0 fully saturated rings. The van der Waals surface area contributed by atoms with Gasteiger partial charge >= 0.3 is 0 Å². The fourth-order valence-corrected chi connectivity index (χ4v) is 2.21. The van der Waals surface area contributed by atoms with E-state index in [9.17, 15) is 4.79 Å². The summed E-state index contributed by atoms with van der Waals surface area (Å²) in [6.45, 7) is 10.4. The summed E-state index contributed by atoms with van der Waals surface area (Å²) in [7, 11) is 0. The Bertz CT molecular complexity index is 435. The molecule has 0 bridgehead atoms. The van der Waals surface area contributed by atoms with Gasteiger partial charge in [0, 0.05) is 30.3 Å². The van der Waals surface area contributed by atoms with Gasteiger partial charge in [-0.3, -0.25) is 4.79 Å². The van der Waals surface area contributed by atoms with Crippen LogP contribution < -0.4 is 10.6 Å². The number of aromatic nitrogens is 1. The molecule has 0 saturated heterocycles. The topological polar surface area (TPSA) is 57.3 Å². The summed E-state index contributed by atoms with van der Waals surface area (Å²) in [4.78, 5) is 18.7. The lowest BCUT2D eigenvalue weighted by atomic mass is 10.2. The van der Waals surface area contributed by atoms with E-state index in [1.165, 1.54) is 0 Å². The van der Waals surface area contributed by atoms with E-state index >= 15 is 0 Å². The number of pyridine rings is 1. The zero-order chi connectivity index (χ0) is 15.0. The minimum Gasteiger partial charge on any atom is -0.370 e. The van der Waals surface area contributed by atoms with Crippen molar-refractivity contribution in [3.8, 4) is 0 Å². The molecule has 0 saturated carbocycles. The first-order chi connectivity index (χ1) is 9.62. The fraction of sp³-hybridized carbons (Fsp3) is 0.571. The summed E-state index contributed by atoms with van der Waals surface area (Å²) in [6.07, 6.45) is 1.69. The number of anilines is 1. The number of likely N-dealkylation sites (N-methyl/N-ethyl adjacent to an activating group) is 1. The van der Waals surface area contributed by atoms with Crippen LogP contribution >= 0.6 is 15.9 Å². The Morgan fingerprint density at radius 1 is 1.35 bits per heavy atom. The first kappa shape index (κ1) is 16.9. The largest absolute Gasteiger partial charge is 0.370 e. The van der Waals surface area contributed by atoms with Crippen molar-refractivity contribution in [1.82, 2.24) is 15.2 Å². The van der Waals surface area contributed by atoms with E-state index in [2.05, 4.69) is 50.3 Å². The van der Waals surface area contributed by atoms with Gasteiger partial charge in [0.1, 0.15) is 5.82 Å². The average Bonchev–Trinajstić information content (AvgIpc) is 2.45. The van der Waals surface area contributed by atoms with Crippen LogP contribution in [0.4, 0.5) is 5.82 Å². The van der Waals surface area contributed by atoms with E-state index < -0.39 is 0 Å². The Labute approximate surface area is 129 Å². The molecule has 20 heavy (non-hydrogen) atoms. The lowest BCUT2D eigenvalue weighted by Crippen LogP contribution is -2.35. The van der Waals surface area contributed by atoms with E-state index in [0.717, 1.165) is 30.7 Å². The number of rotatable bonds is 8. The van der Waals surface area contributed by atoms with Crippen molar-refractivity contribution >= 4 is 27.7 Å². The van der Waals surface area contributed by atoms with Crippen LogP contribution in [0.1, 0.15) is 31.1 Å². The molecule has 5 nitrogen and oxygen atoms in total. The Kier molecular flexibility index (Phi) is 7.54. The highest BCUT2D eigenvalue weighted by Gasteiger charge is 2.13. The zero-order valence-corrected chi connectivity index (χ0v) is 14.0. The zero-order valence-electron chi connectivity index (χ0n) is 12.4. The molecule has 0 atom stereocenters. The average molecular weight is 343 g/mol. The Balaban J connectivity index is 2.64. The minimum absolute atomic E-state index is 0.0955. The number of carbonyl (C=O) groups is 1. The Morgan fingerprint density at radius 2 is 2.05 bits per heavy atom. The first-order valence-corrected chi connectivity index (χ1v) is 7.81. The van der Waals surface area contributed by atoms with Gasteiger partial charge in [-0.05, 0) is 42.0 Å². The predicted octanol–water partition coefficient (Wildman–Crippen LogP) is 2.35. The second-order valence-corrected chi connectivity index (χ2v) is 5.28. The van der Waals surface area contributed by atoms with Gasteiger partial charge < -0.3 is 15.5 Å². The number of nitrogens with zero attached hydrogens (tertiary/aromatic N) is 2. The van der Waals surface area contributed by atoms with Gasteiger partial charge in [0.25, 0.3) is 5.91 Å². The molecule has 0 spiro atoms. The van der Waals surface area contributed by atoms with Crippen LogP contribution in [0, 0.1) is 0 Å². The quantitative estimate of drug-likeness (QED) is 0.761. The van der Waals surface area contributed by atoms with E-state index in [1.807, 2.05) is 6.92 Å². The molecule has 0 aromatic carbocycles. The van der Waals surface area contributed by atoms with Gasteiger partial charge in [0.05, 0.1) is 5.56 Å². The van der Waals surface area contributed by atoms with Crippen molar-refractivity contribution in [2.75, 3.05) is 38.0 Å².